The highest BCUT2D eigenvalue weighted by molar-refractivity contribution is 5.83. The Morgan fingerprint density at radius 2 is 1.11 bits per heavy atom. The predicted molar refractivity (Wildman–Crippen MR) is 138 cm³/mol. The van der Waals surface area contributed by atoms with E-state index in [0.717, 1.165) is 12.8 Å². The molecule has 0 aliphatic rings. The van der Waals surface area contributed by atoms with Crippen LogP contribution < -0.4 is 10.6 Å². The standard InChI is InChI=1S/C26H50N2O8/c1-3-4-5-6-7-8-9-10-11-12-24(29)27-14-16-34-18-20-36-22-21-35-19-17-33-15-13-25(30)28-23(2)26(31)32/h23H,3-22H2,1-2H3,(H,27,29)(H,28,30)(H,31,32)/t23-/m0/s1. The van der Waals surface area contributed by atoms with Crippen LogP contribution in [0, 0.1) is 0 Å². The molecule has 0 rings (SSSR count). The van der Waals surface area contributed by atoms with E-state index in [-0.39, 0.29) is 24.8 Å². The highest BCUT2D eigenvalue weighted by atomic mass is 16.6. The fraction of sp³-hybridized carbons (Fsp3) is 0.885. The van der Waals surface area contributed by atoms with Gasteiger partial charge in [-0.05, 0) is 13.3 Å². The fourth-order valence-corrected chi connectivity index (χ4v) is 3.25. The van der Waals surface area contributed by atoms with Crippen LogP contribution in [0.25, 0.3) is 0 Å². The highest BCUT2D eigenvalue weighted by Gasteiger charge is 2.13. The molecule has 0 saturated heterocycles. The van der Waals surface area contributed by atoms with Gasteiger partial charge in [0.25, 0.3) is 0 Å². The summed E-state index contributed by atoms with van der Waals surface area (Å²) in [6.45, 7) is 7.32. The van der Waals surface area contributed by atoms with E-state index < -0.39 is 12.0 Å². The van der Waals surface area contributed by atoms with Gasteiger partial charge in [0.1, 0.15) is 6.04 Å². The third-order valence-corrected chi connectivity index (χ3v) is 5.41. The lowest BCUT2D eigenvalue weighted by Gasteiger charge is -2.10. The molecule has 0 fully saturated rings. The van der Waals surface area contributed by atoms with Crippen LogP contribution in [-0.4, -0.2) is 88.3 Å². The van der Waals surface area contributed by atoms with Gasteiger partial charge in [-0.2, -0.15) is 0 Å². The molecular formula is C26H50N2O8. The van der Waals surface area contributed by atoms with Gasteiger partial charge in [0, 0.05) is 19.4 Å². The Labute approximate surface area is 217 Å². The predicted octanol–water partition coefficient (Wildman–Crippen LogP) is 3.07. The summed E-state index contributed by atoms with van der Waals surface area (Å²) in [5, 5.41) is 14.0. The first-order chi connectivity index (χ1) is 17.5. The molecule has 3 N–H and O–H groups in total. The first kappa shape index (κ1) is 34.2. The van der Waals surface area contributed by atoms with E-state index in [9.17, 15) is 14.4 Å². The number of carbonyl (C=O) groups is 3. The van der Waals surface area contributed by atoms with E-state index in [1.54, 1.807) is 0 Å². The number of ether oxygens (including phenoxy) is 4. The minimum Gasteiger partial charge on any atom is -0.480 e. The molecular weight excluding hydrogens is 468 g/mol. The maximum absolute atomic E-state index is 11.8. The number of aliphatic carboxylic acids is 1. The Kier molecular flexibility index (Phi) is 25.0. The van der Waals surface area contributed by atoms with Crippen LogP contribution in [0.5, 0.6) is 0 Å². The van der Waals surface area contributed by atoms with Crippen molar-refractivity contribution in [2.24, 2.45) is 0 Å². The van der Waals surface area contributed by atoms with Crippen LogP contribution in [0.2, 0.25) is 0 Å². The summed E-state index contributed by atoms with van der Waals surface area (Å²) < 4.78 is 21.5. The monoisotopic (exact) mass is 518 g/mol. The molecule has 0 unspecified atom stereocenters. The van der Waals surface area contributed by atoms with E-state index in [1.807, 2.05) is 0 Å². The SMILES string of the molecule is CCCCCCCCCCCC(=O)NCCOCCOCCOCCOCCC(=O)N[C@@H](C)C(=O)O. The summed E-state index contributed by atoms with van der Waals surface area (Å²) in [5.74, 6) is -1.34. The van der Waals surface area contributed by atoms with E-state index in [2.05, 4.69) is 17.6 Å². The Balaban J connectivity index is 3.24. The summed E-state index contributed by atoms with van der Waals surface area (Å²) in [5.41, 5.74) is 0. The molecule has 0 aliphatic carbocycles. The molecule has 1 atom stereocenters. The van der Waals surface area contributed by atoms with E-state index in [1.165, 1.54) is 51.9 Å². The molecule has 0 bridgehead atoms. The second-order valence-electron chi connectivity index (χ2n) is 8.76. The highest BCUT2D eigenvalue weighted by Crippen LogP contribution is 2.10. The summed E-state index contributed by atoms with van der Waals surface area (Å²) in [7, 11) is 0. The van der Waals surface area contributed by atoms with Crippen molar-refractivity contribution in [3.63, 3.8) is 0 Å². The fourth-order valence-electron chi connectivity index (χ4n) is 3.25. The zero-order chi connectivity index (χ0) is 26.7. The Bertz CT molecular complexity index is 548. The van der Waals surface area contributed by atoms with Crippen molar-refractivity contribution < 1.29 is 38.4 Å². The minimum atomic E-state index is -1.07. The summed E-state index contributed by atoms with van der Waals surface area (Å²) in [6, 6.07) is -0.911. The normalized spacial score (nSPS) is 11.8. The van der Waals surface area contributed by atoms with Crippen molar-refractivity contribution in [1.82, 2.24) is 10.6 Å². The van der Waals surface area contributed by atoms with Gasteiger partial charge < -0.3 is 34.7 Å². The number of hydrogen-bond donors (Lipinski definition) is 3. The molecule has 36 heavy (non-hydrogen) atoms. The van der Waals surface area contributed by atoms with Crippen molar-refractivity contribution in [1.29, 1.82) is 0 Å². The second-order valence-corrected chi connectivity index (χ2v) is 8.76. The Morgan fingerprint density at radius 1 is 0.639 bits per heavy atom. The number of nitrogens with one attached hydrogen (secondary N) is 2. The second kappa shape index (κ2) is 26.3. The lowest BCUT2D eigenvalue weighted by molar-refractivity contribution is -0.141. The molecule has 10 nitrogen and oxygen atoms in total. The van der Waals surface area contributed by atoms with E-state index in [0.29, 0.717) is 59.2 Å². The van der Waals surface area contributed by atoms with Gasteiger partial charge in [-0.3, -0.25) is 14.4 Å². The van der Waals surface area contributed by atoms with Crippen LogP contribution in [0.3, 0.4) is 0 Å². The smallest absolute Gasteiger partial charge is 0.325 e. The van der Waals surface area contributed by atoms with Crippen molar-refractivity contribution >= 4 is 17.8 Å². The van der Waals surface area contributed by atoms with E-state index >= 15 is 0 Å². The zero-order valence-corrected chi connectivity index (χ0v) is 22.5. The Morgan fingerprint density at radius 3 is 1.64 bits per heavy atom. The van der Waals surface area contributed by atoms with Crippen molar-refractivity contribution in [3.8, 4) is 0 Å². The zero-order valence-electron chi connectivity index (χ0n) is 22.5. The summed E-state index contributed by atoms with van der Waals surface area (Å²) in [6.07, 6.45) is 11.9. The third kappa shape index (κ3) is 25.3. The molecule has 212 valence electrons. The minimum absolute atomic E-state index is 0.0926. The van der Waals surface area contributed by atoms with Crippen molar-refractivity contribution in [3.05, 3.63) is 0 Å². The first-order valence-electron chi connectivity index (χ1n) is 13.6. The molecule has 2 amide bonds. The Hall–Kier alpha value is -1.75. The number of carbonyl (C=O) groups excluding carboxylic acids is 2. The molecule has 0 radical (unpaired) electrons. The molecule has 0 aromatic rings. The molecule has 0 aromatic carbocycles. The average Bonchev–Trinajstić information content (AvgIpc) is 2.85. The van der Waals surface area contributed by atoms with Gasteiger partial charge in [0.15, 0.2) is 0 Å². The number of carboxylic acids is 1. The van der Waals surface area contributed by atoms with Crippen LogP contribution in [0.4, 0.5) is 0 Å². The van der Waals surface area contributed by atoms with Crippen LogP contribution >= 0.6 is 0 Å². The van der Waals surface area contributed by atoms with Crippen LogP contribution in [0.1, 0.15) is 84.5 Å². The molecule has 0 aliphatic heterocycles. The van der Waals surface area contributed by atoms with Gasteiger partial charge in [-0.25, -0.2) is 0 Å². The van der Waals surface area contributed by atoms with Gasteiger partial charge in [-0.1, -0.05) is 58.3 Å². The molecule has 0 saturated carbocycles. The quantitative estimate of drug-likeness (QED) is 0.141. The number of amides is 2. The first-order valence-corrected chi connectivity index (χ1v) is 13.6. The number of rotatable bonds is 27. The maximum Gasteiger partial charge on any atom is 0.325 e. The number of unbranched alkanes of at least 4 members (excludes halogenated alkanes) is 8. The van der Waals surface area contributed by atoms with Crippen LogP contribution in [0.15, 0.2) is 0 Å². The van der Waals surface area contributed by atoms with Crippen molar-refractivity contribution in [2.45, 2.75) is 90.5 Å². The number of carboxylic acid groups (broad SMARTS) is 1. The van der Waals surface area contributed by atoms with Gasteiger partial charge >= 0.3 is 5.97 Å². The third-order valence-electron chi connectivity index (χ3n) is 5.41. The summed E-state index contributed by atoms with van der Waals surface area (Å²) in [4.78, 5) is 33.9. The molecule has 10 heteroatoms. The van der Waals surface area contributed by atoms with Gasteiger partial charge in [0.05, 0.1) is 52.9 Å². The summed E-state index contributed by atoms with van der Waals surface area (Å²) >= 11 is 0. The number of hydrogen-bond acceptors (Lipinski definition) is 7. The lowest BCUT2D eigenvalue weighted by Crippen LogP contribution is -2.38. The van der Waals surface area contributed by atoms with Gasteiger partial charge in [0.2, 0.25) is 11.8 Å². The van der Waals surface area contributed by atoms with Crippen LogP contribution in [-0.2, 0) is 33.3 Å². The molecule has 0 aromatic heterocycles. The largest absolute Gasteiger partial charge is 0.480 e. The lowest BCUT2D eigenvalue weighted by atomic mass is 10.1. The van der Waals surface area contributed by atoms with E-state index in [4.69, 9.17) is 24.1 Å². The van der Waals surface area contributed by atoms with Crippen molar-refractivity contribution in [2.75, 3.05) is 59.4 Å². The molecule has 0 spiro atoms. The molecule has 0 heterocycles. The maximum atomic E-state index is 11.8. The topological polar surface area (TPSA) is 132 Å². The average molecular weight is 519 g/mol. The van der Waals surface area contributed by atoms with Gasteiger partial charge in [-0.15, -0.1) is 0 Å².